The lowest BCUT2D eigenvalue weighted by molar-refractivity contribution is -0.123. The Bertz CT molecular complexity index is 1230. The molecular weight excluding hydrogens is 488 g/mol. The third kappa shape index (κ3) is 4.40. The van der Waals surface area contributed by atoms with Gasteiger partial charge < -0.3 is 14.8 Å². The van der Waals surface area contributed by atoms with Gasteiger partial charge in [0.1, 0.15) is 17.2 Å². The van der Waals surface area contributed by atoms with Crippen LogP contribution in [0.5, 0.6) is 0 Å². The third-order valence-electron chi connectivity index (χ3n) is 4.61. The standard InChI is InChI=1S/C22H14BrClN2O5/c23-14-4-1-12(2-5-14)11-26-20(27)18(25-22(26)30)10-15-6-8-19(31-15)13-3-7-16(21(28)29)17(24)9-13/h1-10H,11H2,(H,25,30)(H,28,29). The normalized spacial score (nSPS) is 14.9. The average molecular weight is 502 g/mol. The van der Waals surface area contributed by atoms with Crippen LogP contribution in [0.1, 0.15) is 21.7 Å². The zero-order valence-electron chi connectivity index (χ0n) is 15.8. The number of hydrogen-bond donors (Lipinski definition) is 2. The van der Waals surface area contributed by atoms with E-state index >= 15 is 0 Å². The van der Waals surface area contributed by atoms with Gasteiger partial charge in [-0.05, 0) is 42.0 Å². The zero-order valence-corrected chi connectivity index (χ0v) is 18.1. The van der Waals surface area contributed by atoms with E-state index in [9.17, 15) is 14.4 Å². The molecule has 0 radical (unpaired) electrons. The number of furan rings is 1. The molecule has 1 aromatic heterocycles. The number of carbonyl (C=O) groups is 3. The van der Waals surface area contributed by atoms with Gasteiger partial charge in [-0.3, -0.25) is 9.69 Å². The molecule has 1 aliphatic rings. The van der Waals surface area contributed by atoms with Gasteiger partial charge in [0.2, 0.25) is 0 Å². The summed E-state index contributed by atoms with van der Waals surface area (Å²) in [4.78, 5) is 37.1. The Morgan fingerprint density at radius 3 is 2.55 bits per heavy atom. The van der Waals surface area contributed by atoms with E-state index in [-0.39, 0.29) is 22.8 Å². The number of nitrogens with zero attached hydrogens (tertiary/aromatic N) is 1. The van der Waals surface area contributed by atoms with Gasteiger partial charge in [0.25, 0.3) is 5.91 Å². The van der Waals surface area contributed by atoms with Crippen molar-refractivity contribution in [2.75, 3.05) is 0 Å². The topological polar surface area (TPSA) is 99.9 Å². The molecule has 4 rings (SSSR count). The Morgan fingerprint density at radius 2 is 1.87 bits per heavy atom. The Kier molecular flexibility index (Phi) is 5.67. The fraction of sp³-hybridized carbons (Fsp3) is 0.0455. The van der Waals surface area contributed by atoms with Gasteiger partial charge in [-0.25, -0.2) is 9.59 Å². The molecule has 2 N–H and O–H groups in total. The maximum absolute atomic E-state index is 12.7. The van der Waals surface area contributed by atoms with Crippen LogP contribution < -0.4 is 5.32 Å². The Morgan fingerprint density at radius 1 is 1.13 bits per heavy atom. The van der Waals surface area contributed by atoms with Crippen LogP contribution >= 0.6 is 27.5 Å². The molecule has 1 saturated heterocycles. The summed E-state index contributed by atoms with van der Waals surface area (Å²) in [6.07, 6.45) is 1.44. The van der Waals surface area contributed by atoms with E-state index in [2.05, 4.69) is 21.2 Å². The first kappa shape index (κ1) is 20.9. The van der Waals surface area contributed by atoms with Crippen LogP contribution in [0, 0.1) is 0 Å². The summed E-state index contributed by atoms with van der Waals surface area (Å²) in [5.74, 6) is -0.791. The summed E-state index contributed by atoms with van der Waals surface area (Å²) in [6, 6.07) is 14.6. The Balaban J connectivity index is 1.53. The lowest BCUT2D eigenvalue weighted by Crippen LogP contribution is -2.30. The molecule has 0 atom stereocenters. The summed E-state index contributed by atoms with van der Waals surface area (Å²) in [7, 11) is 0. The van der Waals surface area contributed by atoms with Gasteiger partial charge in [0.15, 0.2) is 0 Å². The van der Waals surface area contributed by atoms with E-state index in [1.54, 1.807) is 18.2 Å². The van der Waals surface area contributed by atoms with E-state index in [0.717, 1.165) is 14.9 Å². The number of imide groups is 1. The predicted octanol–water partition coefficient (Wildman–Crippen LogP) is 5.15. The number of carboxylic acid groups (broad SMARTS) is 1. The molecule has 1 aliphatic heterocycles. The lowest BCUT2D eigenvalue weighted by Gasteiger charge is -2.11. The molecular formula is C22H14BrClN2O5. The SMILES string of the molecule is O=C(O)c1ccc(-c2ccc(C=C3NC(=O)N(Cc4ccc(Br)cc4)C3=O)o2)cc1Cl. The van der Waals surface area contributed by atoms with Crippen molar-refractivity contribution in [3.05, 3.63) is 86.7 Å². The highest BCUT2D eigenvalue weighted by atomic mass is 79.9. The highest BCUT2D eigenvalue weighted by Gasteiger charge is 2.33. The minimum absolute atomic E-state index is 0.00977. The van der Waals surface area contributed by atoms with Crippen LogP contribution in [0.3, 0.4) is 0 Å². The number of carbonyl (C=O) groups excluding carboxylic acids is 2. The average Bonchev–Trinajstić information content (AvgIpc) is 3.29. The molecule has 2 heterocycles. The molecule has 3 aromatic rings. The highest BCUT2D eigenvalue weighted by Crippen LogP contribution is 2.28. The zero-order chi connectivity index (χ0) is 22.1. The van der Waals surface area contributed by atoms with Crippen LogP contribution in [-0.2, 0) is 11.3 Å². The molecule has 0 unspecified atom stereocenters. The number of rotatable bonds is 5. The second-order valence-corrected chi connectivity index (χ2v) is 8.03. The summed E-state index contributed by atoms with van der Waals surface area (Å²) < 4.78 is 6.63. The second-order valence-electron chi connectivity index (χ2n) is 6.71. The van der Waals surface area contributed by atoms with Crippen LogP contribution in [0.4, 0.5) is 4.79 Å². The van der Waals surface area contributed by atoms with Crippen molar-refractivity contribution in [2.24, 2.45) is 0 Å². The Hall–Kier alpha value is -3.36. The molecule has 0 spiro atoms. The number of amides is 3. The Labute approximate surface area is 190 Å². The maximum Gasteiger partial charge on any atom is 0.337 e. The van der Waals surface area contributed by atoms with Crippen molar-refractivity contribution in [3.8, 4) is 11.3 Å². The van der Waals surface area contributed by atoms with Crippen molar-refractivity contribution in [2.45, 2.75) is 6.54 Å². The number of nitrogens with one attached hydrogen (secondary N) is 1. The molecule has 0 bridgehead atoms. The monoisotopic (exact) mass is 500 g/mol. The number of carboxylic acids is 1. The van der Waals surface area contributed by atoms with Crippen LogP contribution in [0.25, 0.3) is 17.4 Å². The third-order valence-corrected chi connectivity index (χ3v) is 5.46. The molecule has 2 aromatic carbocycles. The molecule has 31 heavy (non-hydrogen) atoms. The second kappa shape index (κ2) is 8.41. The first-order chi connectivity index (χ1) is 14.8. The van der Waals surface area contributed by atoms with Gasteiger partial charge in [0, 0.05) is 16.1 Å². The fourth-order valence-corrected chi connectivity index (χ4v) is 3.58. The van der Waals surface area contributed by atoms with Crippen molar-refractivity contribution >= 4 is 51.5 Å². The fourth-order valence-electron chi connectivity index (χ4n) is 3.06. The summed E-state index contributed by atoms with van der Waals surface area (Å²) in [5.41, 5.74) is 1.49. The van der Waals surface area contributed by atoms with Crippen LogP contribution in [0.2, 0.25) is 5.02 Å². The minimum atomic E-state index is -1.12. The van der Waals surface area contributed by atoms with E-state index in [4.69, 9.17) is 21.1 Å². The predicted molar refractivity (Wildman–Crippen MR) is 117 cm³/mol. The molecule has 7 nitrogen and oxygen atoms in total. The van der Waals surface area contributed by atoms with Gasteiger partial charge in [-0.1, -0.05) is 45.7 Å². The highest BCUT2D eigenvalue weighted by molar-refractivity contribution is 9.10. The van der Waals surface area contributed by atoms with Crippen molar-refractivity contribution in [1.82, 2.24) is 10.2 Å². The van der Waals surface area contributed by atoms with E-state index in [1.807, 2.05) is 24.3 Å². The lowest BCUT2D eigenvalue weighted by atomic mass is 10.1. The van der Waals surface area contributed by atoms with E-state index in [0.29, 0.717) is 17.1 Å². The van der Waals surface area contributed by atoms with Crippen LogP contribution in [-0.4, -0.2) is 27.9 Å². The van der Waals surface area contributed by atoms with Crippen LogP contribution in [0.15, 0.2) is 69.2 Å². The number of benzene rings is 2. The molecule has 0 saturated carbocycles. The molecule has 9 heteroatoms. The van der Waals surface area contributed by atoms with Crippen molar-refractivity contribution in [1.29, 1.82) is 0 Å². The molecule has 156 valence electrons. The van der Waals surface area contributed by atoms with Gasteiger partial charge in [-0.15, -0.1) is 0 Å². The first-order valence-corrected chi connectivity index (χ1v) is 10.2. The van der Waals surface area contributed by atoms with Crippen molar-refractivity contribution < 1.29 is 23.9 Å². The number of aromatic carboxylic acids is 1. The number of urea groups is 1. The van der Waals surface area contributed by atoms with Gasteiger partial charge in [0.05, 0.1) is 17.1 Å². The smallest absolute Gasteiger partial charge is 0.337 e. The minimum Gasteiger partial charge on any atom is -0.478 e. The van der Waals surface area contributed by atoms with E-state index < -0.39 is 17.9 Å². The molecule has 1 fully saturated rings. The quantitative estimate of drug-likeness (QED) is 0.372. The largest absolute Gasteiger partial charge is 0.478 e. The molecule has 3 amide bonds. The van der Waals surface area contributed by atoms with E-state index in [1.165, 1.54) is 18.2 Å². The van der Waals surface area contributed by atoms with Crippen molar-refractivity contribution in [3.63, 3.8) is 0 Å². The van der Waals surface area contributed by atoms with Gasteiger partial charge in [-0.2, -0.15) is 0 Å². The summed E-state index contributed by atoms with van der Waals surface area (Å²) >= 11 is 9.36. The summed E-state index contributed by atoms with van der Waals surface area (Å²) in [6.45, 7) is 0.146. The van der Waals surface area contributed by atoms with Gasteiger partial charge >= 0.3 is 12.0 Å². The number of halogens is 2. The maximum atomic E-state index is 12.7. The first-order valence-electron chi connectivity index (χ1n) is 9.04. The summed E-state index contributed by atoms with van der Waals surface area (Å²) in [5, 5.41) is 11.7. The molecule has 0 aliphatic carbocycles. The number of hydrogen-bond acceptors (Lipinski definition) is 4.